The van der Waals surface area contributed by atoms with Gasteiger partial charge in [0.2, 0.25) is 6.43 Å². The molecular formula is C6H13F2NO. The summed E-state index contributed by atoms with van der Waals surface area (Å²) >= 11 is 0. The molecule has 0 atom stereocenters. The first-order valence-electron chi connectivity index (χ1n) is 3.25. The number of alkyl halides is 2. The summed E-state index contributed by atoms with van der Waals surface area (Å²) in [6, 6.07) is 0. The van der Waals surface area contributed by atoms with E-state index in [0.29, 0.717) is 19.7 Å². The Kier molecular flexibility index (Phi) is 6.74. The van der Waals surface area contributed by atoms with Gasteiger partial charge in [-0.1, -0.05) is 0 Å². The fourth-order valence-electron chi connectivity index (χ4n) is 0.510. The summed E-state index contributed by atoms with van der Waals surface area (Å²) in [5, 5.41) is 2.81. The lowest BCUT2D eigenvalue weighted by atomic mass is 10.4. The number of methoxy groups -OCH3 is 1. The van der Waals surface area contributed by atoms with Gasteiger partial charge < -0.3 is 10.1 Å². The molecule has 0 aliphatic rings. The summed E-state index contributed by atoms with van der Waals surface area (Å²) in [6.45, 7) is 1.58. The first-order valence-corrected chi connectivity index (χ1v) is 3.25. The van der Waals surface area contributed by atoms with Gasteiger partial charge in [-0.25, -0.2) is 8.78 Å². The second kappa shape index (κ2) is 6.89. The number of hydrogen-bond donors (Lipinski definition) is 1. The van der Waals surface area contributed by atoms with E-state index >= 15 is 0 Å². The Bertz CT molecular complexity index is 70.8. The minimum Gasteiger partial charge on any atom is -0.383 e. The van der Waals surface area contributed by atoms with Gasteiger partial charge in [0.1, 0.15) is 0 Å². The predicted molar refractivity (Wildman–Crippen MR) is 35.4 cm³/mol. The van der Waals surface area contributed by atoms with Crippen molar-refractivity contribution >= 4 is 0 Å². The molecule has 0 saturated carbocycles. The number of nitrogens with one attached hydrogen (secondary N) is 1. The topological polar surface area (TPSA) is 21.3 Å². The maximum atomic E-state index is 11.5. The van der Waals surface area contributed by atoms with Gasteiger partial charge in [0.15, 0.2) is 0 Å². The molecule has 0 radical (unpaired) electrons. The van der Waals surface area contributed by atoms with E-state index in [0.717, 1.165) is 0 Å². The molecule has 0 heterocycles. The molecule has 0 rings (SSSR count). The standard InChI is InChI=1S/C6H13F2NO/c1-10-5-4-9-3-2-6(7)8/h6,9H,2-5H2,1H3. The molecule has 0 amide bonds. The molecule has 2 nitrogen and oxygen atoms in total. The highest BCUT2D eigenvalue weighted by atomic mass is 19.3. The lowest BCUT2D eigenvalue weighted by Gasteiger charge is -2.01. The number of hydrogen-bond acceptors (Lipinski definition) is 2. The van der Waals surface area contributed by atoms with Gasteiger partial charge in [-0.2, -0.15) is 0 Å². The second-order valence-electron chi connectivity index (χ2n) is 1.92. The van der Waals surface area contributed by atoms with Gasteiger partial charge in [0.05, 0.1) is 6.61 Å². The van der Waals surface area contributed by atoms with Crippen LogP contribution in [0.3, 0.4) is 0 Å². The van der Waals surface area contributed by atoms with Crippen molar-refractivity contribution in [3.8, 4) is 0 Å². The third kappa shape index (κ3) is 7.78. The second-order valence-corrected chi connectivity index (χ2v) is 1.92. The van der Waals surface area contributed by atoms with Crippen LogP contribution < -0.4 is 5.32 Å². The van der Waals surface area contributed by atoms with Gasteiger partial charge in [-0.15, -0.1) is 0 Å². The minimum absolute atomic E-state index is 0.0796. The van der Waals surface area contributed by atoms with Crippen molar-refractivity contribution in [1.29, 1.82) is 0 Å². The molecular weight excluding hydrogens is 140 g/mol. The third-order valence-corrected chi connectivity index (χ3v) is 1.02. The SMILES string of the molecule is COCCNCCC(F)F. The van der Waals surface area contributed by atoms with Gasteiger partial charge >= 0.3 is 0 Å². The van der Waals surface area contributed by atoms with E-state index in [1.165, 1.54) is 0 Å². The van der Waals surface area contributed by atoms with Crippen LogP contribution in [-0.4, -0.2) is 33.2 Å². The van der Waals surface area contributed by atoms with Crippen molar-refractivity contribution in [1.82, 2.24) is 5.32 Å². The van der Waals surface area contributed by atoms with Gasteiger partial charge in [-0.3, -0.25) is 0 Å². The zero-order valence-electron chi connectivity index (χ0n) is 6.07. The van der Waals surface area contributed by atoms with Crippen LogP contribution in [0.15, 0.2) is 0 Å². The molecule has 0 bridgehead atoms. The van der Waals surface area contributed by atoms with Gasteiger partial charge in [0, 0.05) is 26.6 Å². The summed E-state index contributed by atoms with van der Waals surface area (Å²) in [5.41, 5.74) is 0. The molecule has 0 aliphatic heterocycles. The van der Waals surface area contributed by atoms with Crippen LogP contribution in [-0.2, 0) is 4.74 Å². The zero-order valence-corrected chi connectivity index (χ0v) is 6.07. The van der Waals surface area contributed by atoms with Crippen LogP contribution in [0.2, 0.25) is 0 Å². The Labute approximate surface area is 59.6 Å². The largest absolute Gasteiger partial charge is 0.383 e. The molecule has 0 saturated heterocycles. The van der Waals surface area contributed by atoms with Crippen LogP contribution >= 0.6 is 0 Å². The Balaban J connectivity index is 2.77. The molecule has 0 fully saturated rings. The molecule has 0 aromatic rings. The molecule has 1 N–H and O–H groups in total. The Hall–Kier alpha value is -0.220. The molecule has 62 valence electrons. The first-order chi connectivity index (χ1) is 4.77. The van der Waals surface area contributed by atoms with Crippen LogP contribution in [0.4, 0.5) is 8.78 Å². The Morgan fingerprint density at radius 1 is 1.40 bits per heavy atom. The third-order valence-electron chi connectivity index (χ3n) is 1.02. The highest BCUT2D eigenvalue weighted by Gasteiger charge is 1.99. The fraction of sp³-hybridized carbons (Fsp3) is 1.00. The Morgan fingerprint density at radius 3 is 2.60 bits per heavy atom. The monoisotopic (exact) mass is 153 g/mol. The van der Waals surface area contributed by atoms with Crippen LogP contribution in [0.25, 0.3) is 0 Å². The number of halogens is 2. The lowest BCUT2D eigenvalue weighted by molar-refractivity contribution is 0.135. The minimum atomic E-state index is -2.20. The predicted octanol–water partition coefficient (Wildman–Crippen LogP) is 0.878. The normalized spacial score (nSPS) is 10.8. The number of rotatable bonds is 6. The maximum Gasteiger partial charge on any atom is 0.239 e. The fourth-order valence-corrected chi connectivity index (χ4v) is 0.510. The van der Waals surface area contributed by atoms with Crippen LogP contribution in [0, 0.1) is 0 Å². The van der Waals surface area contributed by atoms with E-state index in [1.807, 2.05) is 0 Å². The van der Waals surface area contributed by atoms with Crippen molar-refractivity contribution < 1.29 is 13.5 Å². The summed E-state index contributed by atoms with van der Waals surface area (Å²) < 4.78 is 27.6. The molecule has 0 aromatic heterocycles. The molecule has 10 heavy (non-hydrogen) atoms. The lowest BCUT2D eigenvalue weighted by Crippen LogP contribution is -2.21. The van der Waals surface area contributed by atoms with E-state index in [-0.39, 0.29) is 6.42 Å². The molecule has 0 unspecified atom stereocenters. The summed E-state index contributed by atoms with van der Waals surface area (Å²) in [6.07, 6.45) is -2.28. The quantitative estimate of drug-likeness (QED) is 0.572. The molecule has 0 aliphatic carbocycles. The molecule has 4 heteroatoms. The smallest absolute Gasteiger partial charge is 0.239 e. The van der Waals surface area contributed by atoms with Crippen molar-refractivity contribution in [2.45, 2.75) is 12.8 Å². The number of ether oxygens (including phenoxy) is 1. The first kappa shape index (κ1) is 9.78. The van der Waals surface area contributed by atoms with Crippen molar-refractivity contribution in [2.75, 3.05) is 26.8 Å². The zero-order chi connectivity index (χ0) is 7.82. The molecule has 0 aromatic carbocycles. The van der Waals surface area contributed by atoms with E-state index < -0.39 is 6.43 Å². The average Bonchev–Trinajstić information content (AvgIpc) is 1.87. The van der Waals surface area contributed by atoms with E-state index in [4.69, 9.17) is 4.74 Å². The van der Waals surface area contributed by atoms with Gasteiger partial charge in [0.25, 0.3) is 0 Å². The highest BCUT2D eigenvalue weighted by Crippen LogP contribution is 1.95. The van der Waals surface area contributed by atoms with Crippen molar-refractivity contribution in [2.24, 2.45) is 0 Å². The van der Waals surface area contributed by atoms with E-state index in [1.54, 1.807) is 7.11 Å². The van der Waals surface area contributed by atoms with Gasteiger partial charge in [-0.05, 0) is 0 Å². The van der Waals surface area contributed by atoms with E-state index in [2.05, 4.69) is 5.32 Å². The average molecular weight is 153 g/mol. The highest BCUT2D eigenvalue weighted by molar-refractivity contribution is 4.47. The molecule has 0 spiro atoms. The van der Waals surface area contributed by atoms with Crippen molar-refractivity contribution in [3.05, 3.63) is 0 Å². The maximum absolute atomic E-state index is 11.5. The van der Waals surface area contributed by atoms with Crippen molar-refractivity contribution in [3.63, 3.8) is 0 Å². The van der Waals surface area contributed by atoms with E-state index in [9.17, 15) is 8.78 Å². The van der Waals surface area contributed by atoms with Crippen LogP contribution in [0.5, 0.6) is 0 Å². The summed E-state index contributed by atoms with van der Waals surface area (Å²) in [5.74, 6) is 0. The summed E-state index contributed by atoms with van der Waals surface area (Å²) in [4.78, 5) is 0. The van der Waals surface area contributed by atoms with Crippen LogP contribution in [0.1, 0.15) is 6.42 Å². The Morgan fingerprint density at radius 2 is 2.10 bits per heavy atom. The summed E-state index contributed by atoms with van der Waals surface area (Å²) in [7, 11) is 1.58.